The molecule has 0 saturated carbocycles. The van der Waals surface area contributed by atoms with Crippen LogP contribution in [0.1, 0.15) is 23.1 Å². The lowest BCUT2D eigenvalue weighted by molar-refractivity contribution is -0.111. The van der Waals surface area contributed by atoms with Gasteiger partial charge in [-0.1, -0.05) is 18.2 Å². The number of para-hydroxylation sites is 1. The van der Waals surface area contributed by atoms with Gasteiger partial charge < -0.3 is 4.74 Å². The summed E-state index contributed by atoms with van der Waals surface area (Å²) < 4.78 is 5.51. The summed E-state index contributed by atoms with van der Waals surface area (Å²) in [6, 6.07) is 7.61. The molecule has 0 radical (unpaired) electrons. The number of hydrogen-bond acceptors (Lipinski definition) is 4. The summed E-state index contributed by atoms with van der Waals surface area (Å²) >= 11 is 1.47. The molecule has 0 atom stereocenters. The Morgan fingerprint density at radius 2 is 2.14 bits per heavy atom. The molecule has 0 spiro atoms. The first-order valence-corrected chi connectivity index (χ1v) is 7.56. The Morgan fingerprint density at radius 1 is 1.38 bits per heavy atom. The lowest BCUT2D eigenvalue weighted by atomic mass is 10.2. The van der Waals surface area contributed by atoms with Gasteiger partial charge in [0.2, 0.25) is 5.91 Å². The second-order valence-electron chi connectivity index (χ2n) is 4.45. The minimum atomic E-state index is -0.199. The molecule has 2 rings (SSSR count). The quantitative estimate of drug-likeness (QED) is 0.854. The van der Waals surface area contributed by atoms with Gasteiger partial charge in [-0.25, -0.2) is 4.98 Å². The fourth-order valence-electron chi connectivity index (χ4n) is 1.74. The Balaban J connectivity index is 2.05. The SMILES string of the molecule is CCOc1ccccc1C=CC(=O)Nc1nc(C)c(C)s1. The number of carbonyl (C=O) groups is 1. The minimum Gasteiger partial charge on any atom is -0.493 e. The molecule has 1 N–H and O–H groups in total. The molecule has 110 valence electrons. The van der Waals surface area contributed by atoms with Crippen LogP contribution in [0.25, 0.3) is 6.08 Å². The lowest BCUT2D eigenvalue weighted by Crippen LogP contribution is -2.07. The fraction of sp³-hybridized carbons (Fsp3) is 0.250. The van der Waals surface area contributed by atoms with Crippen molar-refractivity contribution in [2.45, 2.75) is 20.8 Å². The van der Waals surface area contributed by atoms with Crippen LogP contribution in [0.2, 0.25) is 0 Å². The van der Waals surface area contributed by atoms with E-state index < -0.39 is 0 Å². The number of amides is 1. The van der Waals surface area contributed by atoms with Gasteiger partial charge in [-0.05, 0) is 32.9 Å². The van der Waals surface area contributed by atoms with Crippen LogP contribution in [0, 0.1) is 13.8 Å². The smallest absolute Gasteiger partial charge is 0.250 e. The number of carbonyl (C=O) groups excluding carboxylic acids is 1. The van der Waals surface area contributed by atoms with Gasteiger partial charge in [-0.3, -0.25) is 10.1 Å². The summed E-state index contributed by atoms with van der Waals surface area (Å²) in [6.07, 6.45) is 3.23. The van der Waals surface area contributed by atoms with Crippen molar-refractivity contribution in [1.82, 2.24) is 4.98 Å². The zero-order valence-corrected chi connectivity index (χ0v) is 13.2. The van der Waals surface area contributed by atoms with Crippen molar-refractivity contribution in [3.05, 3.63) is 46.5 Å². The Labute approximate surface area is 128 Å². The zero-order valence-electron chi connectivity index (χ0n) is 12.3. The third kappa shape index (κ3) is 4.16. The summed E-state index contributed by atoms with van der Waals surface area (Å²) in [5.74, 6) is 0.569. The van der Waals surface area contributed by atoms with Gasteiger partial charge in [0, 0.05) is 16.5 Å². The van der Waals surface area contributed by atoms with Gasteiger partial charge in [0.25, 0.3) is 0 Å². The lowest BCUT2D eigenvalue weighted by Gasteiger charge is -2.06. The number of nitrogens with one attached hydrogen (secondary N) is 1. The van der Waals surface area contributed by atoms with Crippen LogP contribution in [-0.2, 0) is 4.79 Å². The van der Waals surface area contributed by atoms with E-state index in [4.69, 9.17) is 4.74 Å². The van der Waals surface area contributed by atoms with E-state index in [0.29, 0.717) is 11.7 Å². The highest BCUT2D eigenvalue weighted by molar-refractivity contribution is 7.15. The molecular weight excluding hydrogens is 284 g/mol. The highest BCUT2D eigenvalue weighted by atomic mass is 32.1. The Hall–Kier alpha value is -2.14. The number of rotatable bonds is 5. The molecule has 21 heavy (non-hydrogen) atoms. The largest absolute Gasteiger partial charge is 0.493 e. The number of aromatic nitrogens is 1. The molecule has 1 aromatic carbocycles. The maximum atomic E-state index is 11.9. The number of ether oxygens (including phenoxy) is 1. The van der Waals surface area contributed by atoms with E-state index >= 15 is 0 Å². The van der Waals surface area contributed by atoms with Crippen molar-refractivity contribution in [2.24, 2.45) is 0 Å². The molecule has 1 heterocycles. The summed E-state index contributed by atoms with van der Waals surface area (Å²) in [5, 5.41) is 3.39. The molecular formula is C16H18N2O2S. The molecule has 0 bridgehead atoms. The third-order valence-electron chi connectivity index (χ3n) is 2.89. The molecule has 0 aliphatic carbocycles. The maximum Gasteiger partial charge on any atom is 0.250 e. The first-order valence-electron chi connectivity index (χ1n) is 6.75. The van der Waals surface area contributed by atoms with Crippen molar-refractivity contribution >= 4 is 28.5 Å². The monoisotopic (exact) mass is 302 g/mol. The molecule has 0 aliphatic heterocycles. The number of hydrogen-bond donors (Lipinski definition) is 1. The van der Waals surface area contributed by atoms with Gasteiger partial charge >= 0.3 is 0 Å². The number of aryl methyl sites for hydroxylation is 2. The molecule has 0 aliphatic rings. The predicted molar refractivity (Wildman–Crippen MR) is 86.9 cm³/mol. The standard InChI is InChI=1S/C16H18N2O2S/c1-4-20-14-8-6-5-7-13(14)9-10-15(19)18-16-17-11(2)12(3)21-16/h5-10H,4H2,1-3H3,(H,17,18,19). The number of anilines is 1. The molecule has 4 nitrogen and oxygen atoms in total. The predicted octanol–water partition coefficient (Wildman–Crippen LogP) is 3.81. The molecule has 5 heteroatoms. The van der Waals surface area contributed by atoms with E-state index in [9.17, 15) is 4.79 Å². The molecule has 0 saturated heterocycles. The molecule has 1 aromatic heterocycles. The van der Waals surface area contributed by atoms with Gasteiger partial charge in [-0.2, -0.15) is 0 Å². The topological polar surface area (TPSA) is 51.2 Å². The first-order chi connectivity index (χ1) is 10.1. The molecule has 0 unspecified atom stereocenters. The number of thiazole rings is 1. The van der Waals surface area contributed by atoms with Crippen LogP contribution in [0.5, 0.6) is 5.75 Å². The van der Waals surface area contributed by atoms with Crippen LogP contribution in [-0.4, -0.2) is 17.5 Å². The average molecular weight is 302 g/mol. The van der Waals surface area contributed by atoms with Crippen LogP contribution in [0.3, 0.4) is 0 Å². The summed E-state index contributed by atoms with van der Waals surface area (Å²) in [4.78, 5) is 17.3. The van der Waals surface area contributed by atoms with Crippen molar-refractivity contribution in [2.75, 3.05) is 11.9 Å². The van der Waals surface area contributed by atoms with Gasteiger partial charge in [-0.15, -0.1) is 11.3 Å². The maximum absolute atomic E-state index is 11.9. The van der Waals surface area contributed by atoms with Crippen LogP contribution < -0.4 is 10.1 Å². The normalized spacial score (nSPS) is 10.8. The van der Waals surface area contributed by atoms with Crippen molar-refractivity contribution in [3.63, 3.8) is 0 Å². The van der Waals surface area contributed by atoms with Gasteiger partial charge in [0.05, 0.1) is 12.3 Å². The molecule has 2 aromatic rings. The highest BCUT2D eigenvalue weighted by Gasteiger charge is 2.06. The van der Waals surface area contributed by atoms with Crippen LogP contribution >= 0.6 is 11.3 Å². The zero-order chi connectivity index (χ0) is 15.2. The Kier molecular flexibility index (Phi) is 5.11. The van der Waals surface area contributed by atoms with Crippen LogP contribution in [0.15, 0.2) is 30.3 Å². The number of nitrogens with zero attached hydrogens (tertiary/aromatic N) is 1. The average Bonchev–Trinajstić information content (AvgIpc) is 2.76. The van der Waals surface area contributed by atoms with E-state index in [1.54, 1.807) is 6.08 Å². The minimum absolute atomic E-state index is 0.199. The van der Waals surface area contributed by atoms with Gasteiger partial charge in [0.1, 0.15) is 5.75 Å². The van der Waals surface area contributed by atoms with Crippen molar-refractivity contribution in [1.29, 1.82) is 0 Å². The second-order valence-corrected chi connectivity index (χ2v) is 5.66. The van der Waals surface area contributed by atoms with E-state index in [0.717, 1.165) is 21.9 Å². The molecule has 1 amide bonds. The first kappa shape index (κ1) is 15.3. The summed E-state index contributed by atoms with van der Waals surface area (Å²) in [7, 11) is 0. The summed E-state index contributed by atoms with van der Waals surface area (Å²) in [5.41, 5.74) is 1.82. The molecule has 0 fully saturated rings. The Bertz CT molecular complexity index is 643. The summed E-state index contributed by atoms with van der Waals surface area (Å²) in [6.45, 7) is 6.43. The Morgan fingerprint density at radius 3 is 2.81 bits per heavy atom. The van der Waals surface area contributed by atoms with Gasteiger partial charge in [0.15, 0.2) is 5.13 Å². The fourth-order valence-corrected chi connectivity index (χ4v) is 2.56. The van der Waals surface area contributed by atoms with Crippen molar-refractivity contribution in [3.8, 4) is 5.75 Å². The second kappa shape index (κ2) is 7.04. The highest BCUT2D eigenvalue weighted by Crippen LogP contribution is 2.22. The van der Waals surface area contributed by atoms with Crippen molar-refractivity contribution < 1.29 is 9.53 Å². The van der Waals surface area contributed by atoms with E-state index in [2.05, 4.69) is 10.3 Å². The van der Waals surface area contributed by atoms with E-state index in [-0.39, 0.29) is 5.91 Å². The van der Waals surface area contributed by atoms with E-state index in [1.165, 1.54) is 17.4 Å². The van der Waals surface area contributed by atoms with E-state index in [1.807, 2.05) is 45.0 Å². The third-order valence-corrected chi connectivity index (χ3v) is 3.88. The number of benzene rings is 1. The van der Waals surface area contributed by atoms with Crippen LogP contribution in [0.4, 0.5) is 5.13 Å².